The van der Waals surface area contributed by atoms with Crippen molar-refractivity contribution in [3.05, 3.63) is 29.3 Å². The Bertz CT molecular complexity index is 511. The van der Waals surface area contributed by atoms with E-state index < -0.39 is 0 Å². The molecule has 1 aromatic carbocycles. The molecule has 1 aliphatic rings. The Hall–Kier alpha value is -1.31. The van der Waals surface area contributed by atoms with Gasteiger partial charge in [0.1, 0.15) is 0 Å². The fourth-order valence-corrected chi connectivity index (χ4v) is 3.20. The number of carbonyl (C=O) groups is 1. The first kappa shape index (κ1) is 15.1. The summed E-state index contributed by atoms with van der Waals surface area (Å²) in [4.78, 5) is 12.3. The number of carbonyl (C=O) groups excluding carboxylic acids is 1. The number of anilines is 1. The highest BCUT2D eigenvalue weighted by molar-refractivity contribution is 6.03. The third kappa shape index (κ3) is 2.89. The third-order valence-corrected chi connectivity index (χ3v) is 4.21. The van der Waals surface area contributed by atoms with Crippen LogP contribution in [0, 0.1) is 11.8 Å². The molecule has 2 atom stereocenters. The largest absolute Gasteiger partial charge is 0.325 e. The minimum absolute atomic E-state index is 0.00898. The molecule has 1 N–H and O–H groups in total. The van der Waals surface area contributed by atoms with E-state index in [0.29, 0.717) is 11.8 Å². The molecule has 0 fully saturated rings. The summed E-state index contributed by atoms with van der Waals surface area (Å²) in [5.41, 5.74) is 3.61. The molecule has 1 amide bonds. The molecular formula is C18H27NO. The molecule has 0 aromatic heterocycles. The van der Waals surface area contributed by atoms with Crippen molar-refractivity contribution in [1.29, 1.82) is 0 Å². The van der Waals surface area contributed by atoms with Crippen molar-refractivity contribution >= 4 is 11.6 Å². The zero-order valence-electron chi connectivity index (χ0n) is 13.6. The van der Waals surface area contributed by atoms with Crippen LogP contribution in [0.2, 0.25) is 0 Å². The zero-order chi connectivity index (χ0) is 15.1. The lowest BCUT2D eigenvalue weighted by Crippen LogP contribution is -2.20. The van der Waals surface area contributed by atoms with Gasteiger partial charge in [-0.1, -0.05) is 53.7 Å². The van der Waals surface area contributed by atoms with E-state index in [1.54, 1.807) is 0 Å². The van der Waals surface area contributed by atoms with Gasteiger partial charge >= 0.3 is 0 Å². The first-order valence-corrected chi connectivity index (χ1v) is 7.65. The molecule has 2 nitrogen and oxygen atoms in total. The molecule has 0 radical (unpaired) electrons. The summed E-state index contributed by atoms with van der Waals surface area (Å²) in [6, 6.07) is 6.43. The van der Waals surface area contributed by atoms with E-state index in [-0.39, 0.29) is 17.2 Å². The molecule has 20 heavy (non-hydrogen) atoms. The third-order valence-electron chi connectivity index (χ3n) is 4.21. The second-order valence-electron chi connectivity index (χ2n) is 7.63. The van der Waals surface area contributed by atoms with Gasteiger partial charge in [-0.05, 0) is 40.9 Å². The quantitative estimate of drug-likeness (QED) is 0.849. The predicted molar refractivity (Wildman–Crippen MR) is 85.1 cm³/mol. The summed E-state index contributed by atoms with van der Waals surface area (Å²) in [7, 11) is 0. The van der Waals surface area contributed by atoms with Crippen LogP contribution in [-0.4, -0.2) is 5.91 Å². The van der Waals surface area contributed by atoms with E-state index in [0.717, 1.165) is 12.1 Å². The SMILES string of the molecule is CC(C)CC(C)C1C(=O)Nc2ccc(C(C)(C)C)cc21. The van der Waals surface area contributed by atoms with Gasteiger partial charge in [0.25, 0.3) is 0 Å². The highest BCUT2D eigenvalue weighted by Gasteiger charge is 2.35. The van der Waals surface area contributed by atoms with Crippen molar-refractivity contribution in [2.24, 2.45) is 11.8 Å². The molecule has 0 spiro atoms. The monoisotopic (exact) mass is 273 g/mol. The van der Waals surface area contributed by atoms with Crippen LogP contribution in [0.1, 0.15) is 65.0 Å². The van der Waals surface area contributed by atoms with Gasteiger partial charge in [0, 0.05) is 5.69 Å². The maximum Gasteiger partial charge on any atom is 0.232 e. The second-order valence-corrected chi connectivity index (χ2v) is 7.63. The van der Waals surface area contributed by atoms with E-state index in [1.165, 1.54) is 11.1 Å². The number of benzene rings is 1. The summed E-state index contributed by atoms with van der Waals surface area (Å²) >= 11 is 0. The van der Waals surface area contributed by atoms with Gasteiger partial charge in [0.05, 0.1) is 5.92 Å². The predicted octanol–water partition coefficient (Wildman–Crippen LogP) is 4.70. The number of nitrogens with one attached hydrogen (secondary N) is 1. The number of amides is 1. The van der Waals surface area contributed by atoms with Gasteiger partial charge in [-0.15, -0.1) is 0 Å². The molecule has 0 saturated carbocycles. The summed E-state index contributed by atoms with van der Waals surface area (Å²) in [5, 5.41) is 3.04. The fourth-order valence-electron chi connectivity index (χ4n) is 3.20. The normalized spacial score (nSPS) is 19.9. The maximum atomic E-state index is 12.3. The summed E-state index contributed by atoms with van der Waals surface area (Å²) in [5.74, 6) is 1.17. The number of rotatable bonds is 3. The van der Waals surface area contributed by atoms with Crippen molar-refractivity contribution in [3.63, 3.8) is 0 Å². The summed E-state index contributed by atoms with van der Waals surface area (Å²) < 4.78 is 0. The molecule has 1 heterocycles. The van der Waals surface area contributed by atoms with Crippen LogP contribution in [0.25, 0.3) is 0 Å². The minimum atomic E-state index is 0.00898. The van der Waals surface area contributed by atoms with Crippen LogP contribution in [-0.2, 0) is 10.2 Å². The van der Waals surface area contributed by atoms with Crippen LogP contribution in [0.3, 0.4) is 0 Å². The molecule has 0 saturated heterocycles. The Balaban J connectivity index is 2.37. The lowest BCUT2D eigenvalue weighted by molar-refractivity contribution is -0.118. The number of hydrogen-bond donors (Lipinski definition) is 1. The van der Waals surface area contributed by atoms with Gasteiger partial charge in [-0.25, -0.2) is 0 Å². The molecule has 2 rings (SSSR count). The topological polar surface area (TPSA) is 29.1 Å². The minimum Gasteiger partial charge on any atom is -0.325 e. The molecule has 1 aromatic rings. The first-order valence-electron chi connectivity index (χ1n) is 7.65. The molecule has 0 aliphatic carbocycles. The van der Waals surface area contributed by atoms with Crippen molar-refractivity contribution < 1.29 is 4.79 Å². The van der Waals surface area contributed by atoms with E-state index in [9.17, 15) is 4.79 Å². The molecule has 1 aliphatic heterocycles. The zero-order valence-corrected chi connectivity index (χ0v) is 13.6. The van der Waals surface area contributed by atoms with Crippen molar-refractivity contribution in [2.45, 2.75) is 59.3 Å². The van der Waals surface area contributed by atoms with Gasteiger partial charge < -0.3 is 5.32 Å². The lowest BCUT2D eigenvalue weighted by Gasteiger charge is -2.23. The Morgan fingerprint density at radius 1 is 1.20 bits per heavy atom. The van der Waals surface area contributed by atoms with Gasteiger partial charge in [0.15, 0.2) is 0 Å². The lowest BCUT2D eigenvalue weighted by atomic mass is 9.80. The summed E-state index contributed by atoms with van der Waals surface area (Å²) in [6.45, 7) is 13.3. The van der Waals surface area contributed by atoms with Crippen molar-refractivity contribution in [3.8, 4) is 0 Å². The molecule has 2 heteroatoms. The van der Waals surface area contributed by atoms with Crippen molar-refractivity contribution in [2.75, 3.05) is 5.32 Å². The second kappa shape index (κ2) is 5.23. The van der Waals surface area contributed by atoms with E-state index in [2.05, 4.69) is 65.1 Å². The standard InChI is InChI=1S/C18H27NO/c1-11(2)9-12(3)16-14-10-13(18(4,5)6)7-8-15(14)19-17(16)20/h7-8,10-12,16H,9H2,1-6H3,(H,19,20). The average Bonchev–Trinajstić information content (AvgIpc) is 2.61. The van der Waals surface area contributed by atoms with Crippen molar-refractivity contribution in [1.82, 2.24) is 0 Å². The Morgan fingerprint density at radius 3 is 2.40 bits per heavy atom. The maximum absolute atomic E-state index is 12.3. The van der Waals surface area contributed by atoms with Crippen LogP contribution in [0.15, 0.2) is 18.2 Å². The van der Waals surface area contributed by atoms with E-state index >= 15 is 0 Å². The fraction of sp³-hybridized carbons (Fsp3) is 0.611. The summed E-state index contributed by atoms with van der Waals surface area (Å²) in [6.07, 6.45) is 1.08. The number of fused-ring (bicyclic) bond motifs is 1. The Morgan fingerprint density at radius 2 is 1.85 bits per heavy atom. The highest BCUT2D eigenvalue weighted by atomic mass is 16.2. The highest BCUT2D eigenvalue weighted by Crippen LogP contribution is 2.41. The van der Waals surface area contributed by atoms with Crippen LogP contribution >= 0.6 is 0 Å². The van der Waals surface area contributed by atoms with Gasteiger partial charge in [0.2, 0.25) is 5.91 Å². The van der Waals surface area contributed by atoms with Gasteiger partial charge in [-0.2, -0.15) is 0 Å². The Kier molecular flexibility index (Phi) is 3.95. The molecule has 110 valence electrons. The smallest absolute Gasteiger partial charge is 0.232 e. The molecule has 2 unspecified atom stereocenters. The number of hydrogen-bond acceptors (Lipinski definition) is 1. The van der Waals surface area contributed by atoms with Crippen LogP contribution in [0.4, 0.5) is 5.69 Å². The van der Waals surface area contributed by atoms with Gasteiger partial charge in [-0.3, -0.25) is 4.79 Å². The van der Waals surface area contributed by atoms with Crippen LogP contribution in [0.5, 0.6) is 0 Å². The average molecular weight is 273 g/mol. The molecular weight excluding hydrogens is 246 g/mol. The Labute approximate surface area is 123 Å². The van der Waals surface area contributed by atoms with E-state index in [4.69, 9.17) is 0 Å². The van der Waals surface area contributed by atoms with Crippen LogP contribution < -0.4 is 5.32 Å². The first-order chi connectivity index (χ1) is 9.20. The molecule has 0 bridgehead atoms. The van der Waals surface area contributed by atoms with E-state index in [1.807, 2.05) is 0 Å².